The Kier molecular flexibility index (Phi) is 6.94. The number of hydrogen-bond acceptors (Lipinski definition) is 4. The minimum Gasteiger partial charge on any atom is -0.370 e. The third-order valence-electron chi connectivity index (χ3n) is 6.89. The second kappa shape index (κ2) is 10.1. The second-order valence-electron chi connectivity index (χ2n) is 9.29. The van der Waals surface area contributed by atoms with Gasteiger partial charge in [-0.05, 0) is 91.5 Å². The average Bonchev–Trinajstić information content (AvgIpc) is 2.87. The van der Waals surface area contributed by atoms with Crippen molar-refractivity contribution >= 4 is 40.6 Å². The molecule has 2 saturated heterocycles. The highest BCUT2D eigenvalue weighted by molar-refractivity contribution is 8.18. The van der Waals surface area contributed by atoms with E-state index in [1.165, 1.54) is 70.8 Å². The fourth-order valence-corrected chi connectivity index (χ4v) is 7.85. The van der Waals surface area contributed by atoms with Crippen LogP contribution in [0.2, 0.25) is 0 Å². The van der Waals surface area contributed by atoms with Crippen LogP contribution in [-0.4, -0.2) is 24.6 Å². The molecule has 33 heavy (non-hydrogen) atoms. The summed E-state index contributed by atoms with van der Waals surface area (Å²) in [5.41, 5.74) is 9.00. The zero-order valence-corrected chi connectivity index (χ0v) is 21.4. The predicted octanol–water partition coefficient (Wildman–Crippen LogP) is 8.44. The van der Waals surface area contributed by atoms with Crippen LogP contribution >= 0.6 is 23.5 Å². The van der Waals surface area contributed by atoms with Crippen LogP contribution in [0.5, 0.6) is 0 Å². The molecule has 0 unspecified atom stereocenters. The van der Waals surface area contributed by atoms with Crippen molar-refractivity contribution in [3.05, 3.63) is 77.9 Å². The first kappa shape index (κ1) is 22.7. The van der Waals surface area contributed by atoms with Crippen molar-refractivity contribution < 1.29 is 0 Å². The predicted molar refractivity (Wildman–Crippen MR) is 149 cm³/mol. The van der Waals surface area contributed by atoms with Crippen LogP contribution in [0.4, 0.5) is 17.1 Å². The van der Waals surface area contributed by atoms with E-state index in [-0.39, 0.29) is 4.08 Å². The van der Waals surface area contributed by atoms with Crippen molar-refractivity contribution in [2.24, 2.45) is 0 Å². The molecule has 1 N–H and O–H groups in total. The summed E-state index contributed by atoms with van der Waals surface area (Å²) in [6, 6.07) is 24.8. The molecule has 0 aromatic heterocycles. The molecule has 0 atom stereocenters. The first-order chi connectivity index (χ1) is 16.1. The van der Waals surface area contributed by atoms with Crippen molar-refractivity contribution in [3.8, 4) is 11.1 Å². The summed E-state index contributed by atoms with van der Waals surface area (Å²) in [6.07, 6.45) is 5.25. The van der Waals surface area contributed by atoms with E-state index in [1.807, 2.05) is 0 Å². The summed E-state index contributed by atoms with van der Waals surface area (Å²) < 4.78 is 0.199. The molecule has 0 aliphatic carbocycles. The Morgan fingerprint density at radius 2 is 1.39 bits per heavy atom. The van der Waals surface area contributed by atoms with Gasteiger partial charge in [0.25, 0.3) is 0 Å². The number of aryl methyl sites for hydroxylation is 1. The van der Waals surface area contributed by atoms with Gasteiger partial charge in [0.1, 0.15) is 0 Å². The zero-order chi connectivity index (χ0) is 22.7. The van der Waals surface area contributed by atoms with Crippen LogP contribution in [0, 0.1) is 6.92 Å². The lowest BCUT2D eigenvalue weighted by molar-refractivity contribution is 0.578. The summed E-state index contributed by atoms with van der Waals surface area (Å²) in [5.74, 6) is 2.53. The van der Waals surface area contributed by atoms with Gasteiger partial charge in [-0.15, -0.1) is 23.5 Å². The first-order valence-corrected chi connectivity index (χ1v) is 14.2. The van der Waals surface area contributed by atoms with Crippen LogP contribution in [0.25, 0.3) is 11.1 Å². The van der Waals surface area contributed by atoms with E-state index in [1.54, 1.807) is 0 Å². The van der Waals surface area contributed by atoms with Gasteiger partial charge in [0.15, 0.2) is 0 Å². The molecule has 0 saturated carbocycles. The molecule has 2 aliphatic heterocycles. The van der Waals surface area contributed by atoms with Gasteiger partial charge in [-0.3, -0.25) is 0 Å². The lowest BCUT2D eigenvalue weighted by Crippen LogP contribution is -2.30. The molecule has 0 amide bonds. The summed E-state index contributed by atoms with van der Waals surface area (Å²) in [4.78, 5) is 2.54. The molecule has 3 aromatic rings. The Labute approximate surface area is 207 Å². The number of nitrogens with zero attached hydrogens (tertiary/aromatic N) is 1. The number of piperidine rings is 1. The Bertz CT molecular complexity index is 1060. The minimum absolute atomic E-state index is 0.199. The molecule has 2 heterocycles. The topological polar surface area (TPSA) is 15.3 Å². The number of benzene rings is 3. The summed E-state index contributed by atoms with van der Waals surface area (Å²) in [7, 11) is 0. The molecule has 2 aliphatic rings. The van der Waals surface area contributed by atoms with Crippen LogP contribution in [-0.2, 0) is 4.08 Å². The highest BCUT2D eigenvalue weighted by atomic mass is 32.2. The lowest BCUT2D eigenvalue weighted by atomic mass is 10.0. The number of anilines is 3. The minimum atomic E-state index is 0.199. The maximum Gasteiger partial charge on any atom is 0.0832 e. The zero-order valence-electron chi connectivity index (χ0n) is 19.8. The number of nitrogens with one attached hydrogen (secondary N) is 1. The largest absolute Gasteiger partial charge is 0.370 e. The van der Waals surface area contributed by atoms with Crippen molar-refractivity contribution in [2.45, 2.75) is 43.6 Å². The third kappa shape index (κ3) is 5.07. The molecule has 0 spiro atoms. The molecule has 0 bridgehead atoms. The van der Waals surface area contributed by atoms with E-state index < -0.39 is 0 Å². The fraction of sp³-hybridized carbons (Fsp3) is 0.379. The summed E-state index contributed by atoms with van der Waals surface area (Å²) in [5, 5.41) is 3.73. The Hall–Kier alpha value is -2.04. The summed E-state index contributed by atoms with van der Waals surface area (Å²) >= 11 is 4.17. The number of hydrogen-bond donors (Lipinski definition) is 1. The fourth-order valence-electron chi connectivity index (χ4n) is 4.87. The molecular weight excluding hydrogens is 440 g/mol. The standard InChI is InChI=1S/C29H34N2S2/c1-22-8-6-9-27(31-18-4-3-5-19-31)28(22)30-26-16-12-24(13-17-26)23-10-14-25(15-11-23)29(2)32-20-7-21-33-29/h6,8-17,30H,3-5,7,18-21H2,1-2H3. The maximum atomic E-state index is 3.73. The first-order valence-electron chi connectivity index (χ1n) is 12.2. The van der Waals surface area contributed by atoms with E-state index in [2.05, 4.69) is 114 Å². The van der Waals surface area contributed by atoms with Crippen LogP contribution in [0.1, 0.15) is 43.7 Å². The monoisotopic (exact) mass is 474 g/mol. The van der Waals surface area contributed by atoms with Crippen molar-refractivity contribution in [3.63, 3.8) is 0 Å². The number of thioether (sulfide) groups is 2. The third-order valence-corrected chi connectivity index (χ3v) is 10.2. The van der Waals surface area contributed by atoms with Crippen LogP contribution in [0.3, 0.4) is 0 Å². The molecular formula is C29H34N2S2. The van der Waals surface area contributed by atoms with Crippen LogP contribution < -0.4 is 10.2 Å². The van der Waals surface area contributed by atoms with Gasteiger partial charge in [0, 0.05) is 18.8 Å². The Balaban J connectivity index is 1.33. The van der Waals surface area contributed by atoms with E-state index in [0.717, 1.165) is 18.8 Å². The Morgan fingerprint density at radius 1 is 0.758 bits per heavy atom. The molecule has 172 valence electrons. The van der Waals surface area contributed by atoms with Crippen molar-refractivity contribution in [2.75, 3.05) is 34.8 Å². The highest BCUT2D eigenvalue weighted by Gasteiger charge is 2.30. The smallest absolute Gasteiger partial charge is 0.0832 e. The quantitative estimate of drug-likeness (QED) is 0.399. The molecule has 2 fully saturated rings. The lowest BCUT2D eigenvalue weighted by Gasteiger charge is -2.33. The molecule has 3 aromatic carbocycles. The number of rotatable bonds is 5. The SMILES string of the molecule is Cc1cccc(N2CCCCC2)c1Nc1ccc(-c2ccc(C3(C)SCCCS3)cc2)cc1. The molecule has 4 heteroatoms. The second-order valence-corrected chi connectivity index (χ2v) is 12.6. The maximum absolute atomic E-state index is 3.73. The van der Waals surface area contributed by atoms with Gasteiger partial charge in [0.2, 0.25) is 0 Å². The van der Waals surface area contributed by atoms with E-state index in [4.69, 9.17) is 0 Å². The van der Waals surface area contributed by atoms with E-state index in [9.17, 15) is 0 Å². The molecule has 0 radical (unpaired) electrons. The van der Waals surface area contributed by atoms with Gasteiger partial charge in [0.05, 0.1) is 15.5 Å². The van der Waals surface area contributed by atoms with Crippen molar-refractivity contribution in [1.29, 1.82) is 0 Å². The molecule has 2 nitrogen and oxygen atoms in total. The van der Waals surface area contributed by atoms with Gasteiger partial charge in [-0.25, -0.2) is 0 Å². The van der Waals surface area contributed by atoms with Gasteiger partial charge in [-0.1, -0.05) is 48.5 Å². The van der Waals surface area contributed by atoms with Gasteiger partial charge < -0.3 is 10.2 Å². The van der Waals surface area contributed by atoms with Crippen molar-refractivity contribution in [1.82, 2.24) is 0 Å². The summed E-state index contributed by atoms with van der Waals surface area (Å²) in [6.45, 7) is 6.89. The van der Waals surface area contributed by atoms with E-state index in [0.29, 0.717) is 0 Å². The average molecular weight is 475 g/mol. The van der Waals surface area contributed by atoms with Gasteiger partial charge in [-0.2, -0.15) is 0 Å². The highest BCUT2D eigenvalue weighted by Crippen LogP contribution is 2.50. The normalized spacial score (nSPS) is 18.2. The van der Waals surface area contributed by atoms with Crippen LogP contribution in [0.15, 0.2) is 66.7 Å². The number of para-hydroxylation sites is 1. The molecule has 5 rings (SSSR count). The Morgan fingerprint density at radius 3 is 2.06 bits per heavy atom. The van der Waals surface area contributed by atoms with Gasteiger partial charge >= 0.3 is 0 Å². The van der Waals surface area contributed by atoms with E-state index >= 15 is 0 Å².